The SMILES string of the molecule is Cc1ccc(C[C@@H]2CC(=O)N(CC(=O)O)C2=O)cc1. The summed E-state index contributed by atoms with van der Waals surface area (Å²) in [4.78, 5) is 35.0. The Morgan fingerprint density at radius 2 is 1.95 bits per heavy atom. The molecule has 100 valence electrons. The molecule has 1 aliphatic heterocycles. The van der Waals surface area contributed by atoms with Gasteiger partial charge in [0.15, 0.2) is 0 Å². The molecule has 0 aromatic heterocycles. The molecule has 1 heterocycles. The van der Waals surface area contributed by atoms with Gasteiger partial charge in [0, 0.05) is 6.42 Å². The fraction of sp³-hybridized carbons (Fsp3) is 0.357. The lowest BCUT2D eigenvalue weighted by molar-refractivity contribution is -0.149. The number of likely N-dealkylation sites (tertiary alicyclic amines) is 1. The summed E-state index contributed by atoms with van der Waals surface area (Å²) in [7, 11) is 0. The summed E-state index contributed by atoms with van der Waals surface area (Å²) in [5, 5.41) is 8.67. The van der Waals surface area contributed by atoms with Crippen LogP contribution in [0.25, 0.3) is 0 Å². The van der Waals surface area contributed by atoms with Crippen LogP contribution in [0.2, 0.25) is 0 Å². The Morgan fingerprint density at radius 3 is 2.53 bits per heavy atom. The smallest absolute Gasteiger partial charge is 0.323 e. The molecule has 0 spiro atoms. The summed E-state index contributed by atoms with van der Waals surface area (Å²) < 4.78 is 0. The summed E-state index contributed by atoms with van der Waals surface area (Å²) >= 11 is 0. The first-order valence-electron chi connectivity index (χ1n) is 6.09. The fourth-order valence-corrected chi connectivity index (χ4v) is 2.22. The first-order chi connectivity index (χ1) is 8.97. The molecule has 1 saturated heterocycles. The van der Waals surface area contributed by atoms with Gasteiger partial charge in [0.25, 0.3) is 0 Å². The lowest BCUT2D eigenvalue weighted by Crippen LogP contribution is -2.35. The summed E-state index contributed by atoms with van der Waals surface area (Å²) in [5.74, 6) is -2.38. The molecule has 1 N–H and O–H groups in total. The minimum atomic E-state index is -1.17. The van der Waals surface area contributed by atoms with E-state index in [2.05, 4.69) is 0 Å². The Morgan fingerprint density at radius 1 is 1.32 bits per heavy atom. The maximum absolute atomic E-state index is 12.0. The van der Waals surface area contributed by atoms with Crippen LogP contribution in [0.3, 0.4) is 0 Å². The van der Waals surface area contributed by atoms with Crippen molar-refractivity contribution < 1.29 is 19.5 Å². The second-order valence-corrected chi connectivity index (χ2v) is 4.80. The van der Waals surface area contributed by atoms with E-state index in [1.165, 1.54) is 0 Å². The minimum absolute atomic E-state index is 0.0972. The van der Waals surface area contributed by atoms with Gasteiger partial charge in [0.1, 0.15) is 6.54 Å². The highest BCUT2D eigenvalue weighted by Crippen LogP contribution is 2.23. The van der Waals surface area contributed by atoms with Gasteiger partial charge >= 0.3 is 5.97 Å². The molecule has 0 saturated carbocycles. The summed E-state index contributed by atoms with van der Waals surface area (Å²) in [6.45, 7) is 1.44. The number of carboxylic acid groups (broad SMARTS) is 1. The first kappa shape index (κ1) is 13.3. The number of nitrogens with zero attached hydrogens (tertiary/aromatic N) is 1. The number of aliphatic carboxylic acids is 1. The lowest BCUT2D eigenvalue weighted by Gasteiger charge is -2.12. The van der Waals surface area contributed by atoms with Crippen molar-refractivity contribution in [3.63, 3.8) is 0 Å². The van der Waals surface area contributed by atoms with Crippen molar-refractivity contribution in [2.24, 2.45) is 5.92 Å². The van der Waals surface area contributed by atoms with Gasteiger partial charge in [-0.1, -0.05) is 29.8 Å². The normalized spacial score (nSPS) is 19.0. The zero-order valence-corrected chi connectivity index (χ0v) is 10.6. The largest absolute Gasteiger partial charge is 0.480 e. The Bertz CT molecular complexity index is 521. The van der Waals surface area contributed by atoms with Crippen LogP contribution in [0.4, 0.5) is 0 Å². The van der Waals surface area contributed by atoms with E-state index in [0.717, 1.165) is 16.0 Å². The Balaban J connectivity index is 2.06. The third-order valence-electron chi connectivity index (χ3n) is 3.23. The van der Waals surface area contributed by atoms with Gasteiger partial charge in [-0.3, -0.25) is 19.3 Å². The number of carbonyl (C=O) groups excluding carboxylic acids is 2. The van der Waals surface area contributed by atoms with Gasteiger partial charge in [0.05, 0.1) is 5.92 Å². The molecule has 2 amide bonds. The lowest BCUT2D eigenvalue weighted by atomic mass is 9.97. The molecule has 1 fully saturated rings. The molecular weight excluding hydrogens is 246 g/mol. The molecule has 1 aromatic carbocycles. The van der Waals surface area contributed by atoms with E-state index in [-0.39, 0.29) is 12.3 Å². The molecule has 19 heavy (non-hydrogen) atoms. The van der Waals surface area contributed by atoms with Gasteiger partial charge in [-0.05, 0) is 18.9 Å². The third kappa shape index (κ3) is 2.99. The minimum Gasteiger partial charge on any atom is -0.480 e. The molecule has 0 aliphatic carbocycles. The van der Waals surface area contributed by atoms with Crippen LogP contribution in [-0.2, 0) is 20.8 Å². The number of hydrogen-bond acceptors (Lipinski definition) is 3. The van der Waals surface area contributed by atoms with E-state index in [1.54, 1.807) is 0 Å². The molecule has 0 unspecified atom stereocenters. The van der Waals surface area contributed by atoms with Crippen LogP contribution in [-0.4, -0.2) is 34.3 Å². The number of rotatable bonds is 4. The second-order valence-electron chi connectivity index (χ2n) is 4.80. The number of benzene rings is 1. The van der Waals surface area contributed by atoms with Gasteiger partial charge < -0.3 is 5.11 Å². The van der Waals surface area contributed by atoms with Gasteiger partial charge in [-0.2, -0.15) is 0 Å². The number of carbonyl (C=O) groups is 3. The highest BCUT2D eigenvalue weighted by atomic mass is 16.4. The zero-order chi connectivity index (χ0) is 14.0. The average molecular weight is 261 g/mol. The number of carboxylic acids is 1. The monoisotopic (exact) mass is 261 g/mol. The van der Waals surface area contributed by atoms with E-state index in [0.29, 0.717) is 6.42 Å². The predicted octanol–water partition coefficient (Wildman–Crippen LogP) is 0.997. The molecule has 1 atom stereocenters. The highest BCUT2D eigenvalue weighted by Gasteiger charge is 2.39. The molecule has 5 nitrogen and oxygen atoms in total. The van der Waals surface area contributed by atoms with Gasteiger partial charge in [-0.25, -0.2) is 0 Å². The molecule has 0 bridgehead atoms. The Kier molecular flexibility index (Phi) is 3.64. The van der Waals surface area contributed by atoms with E-state index in [4.69, 9.17) is 5.11 Å². The van der Waals surface area contributed by atoms with Crippen LogP contribution in [0.5, 0.6) is 0 Å². The van der Waals surface area contributed by atoms with Gasteiger partial charge in [-0.15, -0.1) is 0 Å². The quantitative estimate of drug-likeness (QED) is 0.820. The number of aryl methyl sites for hydroxylation is 1. The molecule has 5 heteroatoms. The number of amides is 2. The van der Waals surface area contributed by atoms with Crippen molar-refractivity contribution in [2.45, 2.75) is 19.8 Å². The van der Waals surface area contributed by atoms with Crippen molar-refractivity contribution >= 4 is 17.8 Å². The average Bonchev–Trinajstić information content (AvgIpc) is 2.60. The number of hydrogen-bond donors (Lipinski definition) is 1. The summed E-state index contributed by atoms with van der Waals surface area (Å²) in [6, 6.07) is 7.75. The molecule has 1 aliphatic rings. The van der Waals surface area contributed by atoms with Crippen molar-refractivity contribution in [1.82, 2.24) is 4.90 Å². The molecule has 0 radical (unpaired) electrons. The Labute approximate surface area is 110 Å². The van der Waals surface area contributed by atoms with E-state index >= 15 is 0 Å². The summed E-state index contributed by atoms with van der Waals surface area (Å²) in [6.07, 6.45) is 0.570. The Hall–Kier alpha value is -2.17. The van der Waals surface area contributed by atoms with Crippen molar-refractivity contribution in [3.05, 3.63) is 35.4 Å². The fourth-order valence-electron chi connectivity index (χ4n) is 2.22. The van der Waals surface area contributed by atoms with E-state index < -0.39 is 24.3 Å². The standard InChI is InChI=1S/C14H15NO4/c1-9-2-4-10(5-3-9)6-11-7-12(16)15(14(11)19)8-13(17)18/h2-5,11H,6-8H2,1H3,(H,17,18)/t11-/m1/s1. The van der Waals surface area contributed by atoms with Crippen LogP contribution in [0.15, 0.2) is 24.3 Å². The van der Waals surface area contributed by atoms with Gasteiger partial charge in [0.2, 0.25) is 11.8 Å². The van der Waals surface area contributed by atoms with Crippen molar-refractivity contribution in [3.8, 4) is 0 Å². The predicted molar refractivity (Wildman–Crippen MR) is 67.3 cm³/mol. The number of imide groups is 1. The van der Waals surface area contributed by atoms with E-state index in [1.807, 2.05) is 31.2 Å². The van der Waals surface area contributed by atoms with E-state index in [9.17, 15) is 14.4 Å². The first-order valence-corrected chi connectivity index (χ1v) is 6.09. The second kappa shape index (κ2) is 5.22. The third-order valence-corrected chi connectivity index (χ3v) is 3.23. The molecule has 1 aromatic rings. The highest BCUT2D eigenvalue weighted by molar-refractivity contribution is 6.05. The molecular formula is C14H15NO4. The maximum atomic E-state index is 12.0. The maximum Gasteiger partial charge on any atom is 0.323 e. The van der Waals surface area contributed by atoms with Crippen LogP contribution >= 0.6 is 0 Å². The van der Waals surface area contributed by atoms with Crippen LogP contribution in [0.1, 0.15) is 17.5 Å². The zero-order valence-electron chi connectivity index (χ0n) is 10.6. The van der Waals surface area contributed by atoms with Crippen LogP contribution in [0, 0.1) is 12.8 Å². The van der Waals surface area contributed by atoms with Crippen molar-refractivity contribution in [1.29, 1.82) is 0 Å². The molecule has 2 rings (SSSR count). The van der Waals surface area contributed by atoms with Crippen LogP contribution < -0.4 is 0 Å². The summed E-state index contributed by atoms with van der Waals surface area (Å²) in [5.41, 5.74) is 2.11. The topological polar surface area (TPSA) is 74.7 Å². The van der Waals surface area contributed by atoms with Crippen molar-refractivity contribution in [2.75, 3.05) is 6.54 Å².